The van der Waals surface area contributed by atoms with Gasteiger partial charge in [-0.25, -0.2) is 9.97 Å². The zero-order valence-corrected chi connectivity index (χ0v) is 14.1. The van der Waals surface area contributed by atoms with Crippen LogP contribution in [0.5, 0.6) is 0 Å². The summed E-state index contributed by atoms with van der Waals surface area (Å²) < 4.78 is 1.62. The Morgan fingerprint density at radius 1 is 1.20 bits per heavy atom. The van der Waals surface area contributed by atoms with E-state index in [9.17, 15) is 4.79 Å². The first-order chi connectivity index (χ1) is 12.1. The van der Waals surface area contributed by atoms with Crippen LogP contribution in [0.2, 0.25) is 0 Å². The third-order valence-corrected chi connectivity index (χ3v) is 4.15. The lowest BCUT2D eigenvalue weighted by Crippen LogP contribution is -2.24. The fourth-order valence-electron chi connectivity index (χ4n) is 2.99. The molecular weight excluding hydrogens is 318 g/mol. The first kappa shape index (κ1) is 15.4. The van der Waals surface area contributed by atoms with Gasteiger partial charge in [0.1, 0.15) is 23.0 Å². The second kappa shape index (κ2) is 6.04. The van der Waals surface area contributed by atoms with E-state index in [2.05, 4.69) is 37.1 Å². The van der Waals surface area contributed by atoms with Gasteiger partial charge < -0.3 is 16.0 Å². The summed E-state index contributed by atoms with van der Waals surface area (Å²) in [5, 5.41) is 13.6. The van der Waals surface area contributed by atoms with Gasteiger partial charge in [-0.2, -0.15) is 9.61 Å². The van der Waals surface area contributed by atoms with Crippen molar-refractivity contribution in [1.82, 2.24) is 24.9 Å². The molecule has 3 N–H and O–H groups in total. The van der Waals surface area contributed by atoms with Crippen molar-refractivity contribution >= 4 is 29.0 Å². The van der Waals surface area contributed by atoms with Gasteiger partial charge in [0, 0.05) is 25.4 Å². The zero-order chi connectivity index (χ0) is 17.4. The number of aromatic nitrogens is 4. The molecule has 128 valence electrons. The molecule has 8 nitrogen and oxygen atoms in total. The van der Waals surface area contributed by atoms with E-state index in [1.54, 1.807) is 17.8 Å². The van der Waals surface area contributed by atoms with Crippen molar-refractivity contribution in [3.05, 3.63) is 41.2 Å². The molecule has 3 aromatic heterocycles. The van der Waals surface area contributed by atoms with Crippen LogP contribution < -0.4 is 16.0 Å². The van der Waals surface area contributed by atoms with E-state index < -0.39 is 0 Å². The number of anilines is 3. The van der Waals surface area contributed by atoms with Gasteiger partial charge in [0.25, 0.3) is 5.91 Å². The molecule has 0 atom stereocenters. The summed E-state index contributed by atoms with van der Waals surface area (Å²) in [4.78, 5) is 21.7. The highest BCUT2D eigenvalue weighted by Gasteiger charge is 2.17. The van der Waals surface area contributed by atoms with E-state index in [-0.39, 0.29) is 5.91 Å². The minimum Gasteiger partial charge on any atom is -0.373 e. The molecule has 4 heterocycles. The van der Waals surface area contributed by atoms with Crippen LogP contribution >= 0.6 is 0 Å². The van der Waals surface area contributed by atoms with Crippen LogP contribution in [0, 0.1) is 6.92 Å². The predicted octanol–water partition coefficient (Wildman–Crippen LogP) is 1.89. The van der Waals surface area contributed by atoms with Crippen LogP contribution in [0.25, 0.3) is 5.65 Å². The molecule has 0 aliphatic carbocycles. The summed E-state index contributed by atoms with van der Waals surface area (Å²) in [5.41, 5.74) is 3.08. The standard InChI is InChI=1S/C17H19N7O/c1-10-6-11-4-3-5-19-17(25)12-9-20-24-15(18-2)8-14(23-16(12)24)22-13(7-10)21-11/h6-9,18H,3-5H2,1-2H3,(H,19,25)(H,21,22,23). The van der Waals surface area contributed by atoms with Gasteiger partial charge >= 0.3 is 0 Å². The van der Waals surface area contributed by atoms with Crippen LogP contribution in [0.3, 0.4) is 0 Å². The maximum Gasteiger partial charge on any atom is 0.256 e. The zero-order valence-electron chi connectivity index (χ0n) is 14.1. The maximum atomic E-state index is 12.5. The molecule has 1 aliphatic heterocycles. The quantitative estimate of drug-likeness (QED) is 0.627. The molecular formula is C17H19N7O. The Hall–Kier alpha value is -3.16. The summed E-state index contributed by atoms with van der Waals surface area (Å²) in [6.07, 6.45) is 3.16. The number of pyridine rings is 1. The molecule has 4 bridgehead atoms. The van der Waals surface area contributed by atoms with E-state index in [4.69, 9.17) is 0 Å². The number of fused-ring (bicyclic) bond motifs is 3. The van der Waals surface area contributed by atoms with Crippen molar-refractivity contribution in [1.29, 1.82) is 0 Å². The second-order valence-corrected chi connectivity index (χ2v) is 6.08. The number of nitrogens with one attached hydrogen (secondary N) is 3. The third-order valence-electron chi connectivity index (χ3n) is 4.15. The molecule has 0 saturated heterocycles. The first-order valence-corrected chi connectivity index (χ1v) is 8.23. The van der Waals surface area contributed by atoms with Gasteiger partial charge in [-0.3, -0.25) is 4.79 Å². The van der Waals surface area contributed by atoms with Crippen molar-refractivity contribution in [2.45, 2.75) is 19.8 Å². The number of carbonyl (C=O) groups excluding carboxylic acids is 1. The van der Waals surface area contributed by atoms with Gasteiger partial charge in [-0.05, 0) is 37.5 Å². The number of amides is 1. The van der Waals surface area contributed by atoms with Gasteiger partial charge in [0.15, 0.2) is 5.65 Å². The van der Waals surface area contributed by atoms with Gasteiger partial charge in [-0.1, -0.05) is 0 Å². The minimum atomic E-state index is -0.170. The summed E-state index contributed by atoms with van der Waals surface area (Å²) in [5.74, 6) is 1.91. The monoisotopic (exact) mass is 337 g/mol. The highest BCUT2D eigenvalue weighted by Crippen LogP contribution is 2.22. The van der Waals surface area contributed by atoms with Crippen LogP contribution in [0.15, 0.2) is 24.4 Å². The van der Waals surface area contributed by atoms with Crippen LogP contribution in [0.1, 0.15) is 28.0 Å². The Kier molecular flexibility index (Phi) is 3.72. The summed E-state index contributed by atoms with van der Waals surface area (Å²) in [7, 11) is 1.80. The molecule has 4 rings (SSSR count). The normalized spacial score (nSPS) is 14.2. The van der Waals surface area contributed by atoms with E-state index in [1.165, 1.54) is 0 Å². The molecule has 0 unspecified atom stereocenters. The Morgan fingerprint density at radius 3 is 2.88 bits per heavy atom. The summed E-state index contributed by atoms with van der Waals surface area (Å²) in [6, 6.07) is 5.89. The Labute approximate surface area is 144 Å². The Balaban J connectivity index is 1.89. The van der Waals surface area contributed by atoms with Gasteiger partial charge in [0.05, 0.1) is 6.20 Å². The molecule has 0 aromatic carbocycles. The lowest BCUT2D eigenvalue weighted by molar-refractivity contribution is 0.0954. The number of aryl methyl sites for hydroxylation is 2. The summed E-state index contributed by atoms with van der Waals surface area (Å²) in [6.45, 7) is 2.62. The molecule has 25 heavy (non-hydrogen) atoms. The van der Waals surface area contributed by atoms with Crippen molar-refractivity contribution in [2.24, 2.45) is 0 Å². The molecule has 1 amide bonds. The van der Waals surface area contributed by atoms with Crippen molar-refractivity contribution in [2.75, 3.05) is 24.2 Å². The van der Waals surface area contributed by atoms with Crippen molar-refractivity contribution < 1.29 is 4.79 Å². The molecule has 8 heteroatoms. The van der Waals surface area contributed by atoms with E-state index in [0.29, 0.717) is 23.6 Å². The number of nitrogens with zero attached hydrogens (tertiary/aromatic N) is 4. The molecule has 1 aliphatic rings. The van der Waals surface area contributed by atoms with Crippen LogP contribution in [-0.4, -0.2) is 39.1 Å². The highest BCUT2D eigenvalue weighted by molar-refractivity contribution is 6.00. The van der Waals surface area contributed by atoms with Crippen LogP contribution in [-0.2, 0) is 6.42 Å². The maximum absolute atomic E-state index is 12.5. The lowest BCUT2D eigenvalue weighted by Gasteiger charge is -2.11. The average molecular weight is 337 g/mol. The van der Waals surface area contributed by atoms with Crippen molar-refractivity contribution in [3.8, 4) is 0 Å². The van der Waals surface area contributed by atoms with Gasteiger partial charge in [-0.15, -0.1) is 0 Å². The van der Waals surface area contributed by atoms with E-state index >= 15 is 0 Å². The SMILES string of the molecule is CNc1cc2nc3c(cnn13)C(=O)NCCCc1cc(C)cc(n1)N2. The average Bonchev–Trinajstić information content (AvgIpc) is 3.00. The fourth-order valence-corrected chi connectivity index (χ4v) is 2.99. The molecule has 0 fully saturated rings. The van der Waals surface area contributed by atoms with Crippen LogP contribution in [0.4, 0.5) is 17.5 Å². The first-order valence-electron chi connectivity index (χ1n) is 8.23. The number of hydrogen-bond donors (Lipinski definition) is 3. The van der Waals surface area contributed by atoms with Crippen molar-refractivity contribution in [3.63, 3.8) is 0 Å². The second-order valence-electron chi connectivity index (χ2n) is 6.08. The smallest absolute Gasteiger partial charge is 0.256 e. The molecule has 3 aromatic rings. The Morgan fingerprint density at radius 2 is 2.04 bits per heavy atom. The molecule has 0 spiro atoms. The number of carbonyl (C=O) groups is 1. The third kappa shape index (κ3) is 2.86. The topological polar surface area (TPSA) is 96.2 Å². The fraction of sp³-hybridized carbons (Fsp3) is 0.294. The molecule has 0 saturated carbocycles. The largest absolute Gasteiger partial charge is 0.373 e. The number of rotatable bonds is 1. The van der Waals surface area contributed by atoms with E-state index in [1.807, 2.05) is 19.1 Å². The minimum absolute atomic E-state index is 0.170. The lowest BCUT2D eigenvalue weighted by atomic mass is 10.1. The van der Waals surface area contributed by atoms with Gasteiger partial charge in [0.2, 0.25) is 0 Å². The molecule has 0 radical (unpaired) electrons. The highest BCUT2D eigenvalue weighted by atomic mass is 16.1. The number of hydrogen-bond acceptors (Lipinski definition) is 6. The van der Waals surface area contributed by atoms with E-state index in [0.717, 1.165) is 35.7 Å². The predicted molar refractivity (Wildman–Crippen MR) is 95.4 cm³/mol. The Bertz CT molecular complexity index is 963. The summed E-state index contributed by atoms with van der Waals surface area (Å²) >= 11 is 0.